The zero-order valence-electron chi connectivity index (χ0n) is 7.89. The fourth-order valence-electron chi connectivity index (χ4n) is 0.874. The van der Waals surface area contributed by atoms with E-state index < -0.39 is 32.9 Å². The molecule has 0 aliphatic rings. The van der Waals surface area contributed by atoms with Crippen molar-refractivity contribution in [3.63, 3.8) is 0 Å². The number of nitrogens with two attached hydrogens (primary N) is 1. The lowest BCUT2D eigenvalue weighted by molar-refractivity contribution is -0.276. The summed E-state index contributed by atoms with van der Waals surface area (Å²) in [7, 11) is -4.25. The summed E-state index contributed by atoms with van der Waals surface area (Å²) in [6, 6.07) is 2.60. The van der Waals surface area contributed by atoms with Crippen molar-refractivity contribution >= 4 is 10.0 Å². The first-order valence-corrected chi connectivity index (χ1v) is 5.37. The number of sulfonamides is 1. The Morgan fingerprint density at radius 1 is 1.41 bits per heavy atom. The molecule has 6 nitrogen and oxygen atoms in total. The van der Waals surface area contributed by atoms with E-state index >= 15 is 0 Å². The van der Waals surface area contributed by atoms with Gasteiger partial charge < -0.3 is 4.74 Å². The molecule has 1 aromatic heterocycles. The molecule has 10 heteroatoms. The molecule has 1 heterocycles. The van der Waals surface area contributed by atoms with Crippen LogP contribution < -0.4 is 9.88 Å². The highest BCUT2D eigenvalue weighted by Gasteiger charge is 2.32. The van der Waals surface area contributed by atoms with E-state index in [1.54, 1.807) is 0 Å². The summed E-state index contributed by atoms with van der Waals surface area (Å²) in [5, 5.41) is 13.2. The molecule has 0 aliphatic carbocycles. The number of aromatic nitrogens is 1. The maximum Gasteiger partial charge on any atom is 0.574 e. The predicted octanol–water partition coefficient (Wildman–Crippen LogP) is 0.499. The first kappa shape index (κ1) is 13.2. The molecule has 1 rings (SSSR count). The molecule has 0 aromatic carbocycles. The molecule has 0 atom stereocenters. The lowest BCUT2D eigenvalue weighted by Crippen LogP contribution is -2.19. The maximum absolute atomic E-state index is 11.9. The molecule has 0 amide bonds. The van der Waals surface area contributed by atoms with E-state index in [0.717, 1.165) is 6.07 Å². The Morgan fingerprint density at radius 2 is 2.00 bits per heavy atom. The van der Waals surface area contributed by atoms with Crippen LogP contribution in [0.15, 0.2) is 17.0 Å². The number of ether oxygens (including phenoxy) is 1. The molecule has 0 aliphatic heterocycles. The highest BCUT2D eigenvalue weighted by molar-refractivity contribution is 7.89. The minimum absolute atomic E-state index is 0.476. The molecule has 0 fully saturated rings. The van der Waals surface area contributed by atoms with Crippen LogP contribution in [-0.2, 0) is 10.0 Å². The molecular weight excluding hydrogens is 263 g/mol. The highest BCUT2D eigenvalue weighted by atomic mass is 32.2. The van der Waals surface area contributed by atoms with Crippen LogP contribution in [0, 0.1) is 11.3 Å². The Kier molecular flexibility index (Phi) is 3.25. The summed E-state index contributed by atoms with van der Waals surface area (Å²) in [5.41, 5.74) is -0.559. The van der Waals surface area contributed by atoms with E-state index in [9.17, 15) is 21.6 Å². The molecule has 0 saturated heterocycles. The van der Waals surface area contributed by atoms with E-state index in [1.165, 1.54) is 6.07 Å². The molecule has 1 aromatic rings. The number of nitriles is 1. The summed E-state index contributed by atoms with van der Waals surface area (Å²) >= 11 is 0. The van der Waals surface area contributed by atoms with E-state index in [4.69, 9.17) is 10.4 Å². The highest BCUT2D eigenvalue weighted by Crippen LogP contribution is 2.23. The second-order valence-corrected chi connectivity index (χ2v) is 4.29. The van der Waals surface area contributed by atoms with Crippen molar-refractivity contribution < 1.29 is 26.3 Å². The Labute approximate surface area is 93.5 Å². The topological polar surface area (TPSA) is 106 Å². The number of halogens is 3. The summed E-state index contributed by atoms with van der Waals surface area (Å²) < 4.78 is 60.9. The van der Waals surface area contributed by atoms with Gasteiger partial charge in [-0.3, -0.25) is 0 Å². The lowest BCUT2D eigenvalue weighted by atomic mass is 10.4. The second kappa shape index (κ2) is 4.19. The molecular formula is C7H4F3N3O3S. The zero-order chi connectivity index (χ0) is 13.3. The van der Waals surface area contributed by atoms with Gasteiger partial charge >= 0.3 is 6.36 Å². The smallest absolute Gasteiger partial charge is 0.388 e. The van der Waals surface area contributed by atoms with E-state index in [2.05, 4.69) is 9.72 Å². The van der Waals surface area contributed by atoms with Crippen LogP contribution in [0.2, 0.25) is 0 Å². The summed E-state index contributed by atoms with van der Waals surface area (Å²) in [5.74, 6) is -1.07. The van der Waals surface area contributed by atoms with Crippen molar-refractivity contribution in [2.45, 2.75) is 11.3 Å². The van der Waals surface area contributed by atoms with Crippen molar-refractivity contribution in [1.82, 2.24) is 4.98 Å². The Balaban J connectivity index is 3.31. The Morgan fingerprint density at radius 3 is 2.41 bits per heavy atom. The molecule has 92 valence electrons. The standard InChI is InChI=1S/C7H4F3N3O3S/c8-7(9,10)16-6-2-5(17(12,14)15)1-4(3-11)13-6/h1-2H,(H2,12,14,15). The van der Waals surface area contributed by atoms with E-state index in [0.29, 0.717) is 6.07 Å². The third-order valence-electron chi connectivity index (χ3n) is 1.44. The van der Waals surface area contributed by atoms with Gasteiger partial charge in [0.2, 0.25) is 15.9 Å². The molecule has 0 unspecified atom stereocenters. The van der Waals surface area contributed by atoms with Crippen molar-refractivity contribution in [3.05, 3.63) is 17.8 Å². The monoisotopic (exact) mass is 267 g/mol. The third kappa shape index (κ3) is 3.89. The number of alkyl halides is 3. The van der Waals surface area contributed by atoms with Gasteiger partial charge in [-0.25, -0.2) is 18.5 Å². The van der Waals surface area contributed by atoms with Gasteiger partial charge in [-0.15, -0.1) is 13.2 Å². The average molecular weight is 267 g/mol. The molecule has 2 N–H and O–H groups in total. The zero-order valence-corrected chi connectivity index (χ0v) is 8.71. The van der Waals surface area contributed by atoms with Crippen LogP contribution in [0.3, 0.4) is 0 Å². The third-order valence-corrected chi connectivity index (χ3v) is 2.33. The fraction of sp³-hybridized carbons (Fsp3) is 0.143. The second-order valence-electron chi connectivity index (χ2n) is 2.73. The van der Waals surface area contributed by atoms with Crippen LogP contribution in [0.1, 0.15) is 5.69 Å². The number of primary sulfonamides is 1. The van der Waals surface area contributed by atoms with Crippen molar-refractivity contribution in [1.29, 1.82) is 5.26 Å². The lowest BCUT2D eigenvalue weighted by Gasteiger charge is -2.08. The number of hydrogen-bond donors (Lipinski definition) is 1. The minimum Gasteiger partial charge on any atom is -0.388 e. The largest absolute Gasteiger partial charge is 0.574 e. The van der Waals surface area contributed by atoms with Crippen molar-refractivity contribution in [3.8, 4) is 11.9 Å². The molecule has 0 radical (unpaired) electrons. The Bertz CT molecular complexity index is 576. The SMILES string of the molecule is N#Cc1cc(S(N)(=O)=O)cc(OC(F)(F)F)n1. The number of hydrogen-bond acceptors (Lipinski definition) is 5. The fourth-order valence-corrected chi connectivity index (χ4v) is 1.41. The first-order chi connectivity index (χ1) is 7.62. The maximum atomic E-state index is 11.9. The summed E-state index contributed by atoms with van der Waals surface area (Å²) in [6.45, 7) is 0. The quantitative estimate of drug-likeness (QED) is 0.839. The first-order valence-electron chi connectivity index (χ1n) is 3.82. The molecule has 17 heavy (non-hydrogen) atoms. The molecule has 0 saturated carbocycles. The van der Waals surface area contributed by atoms with Gasteiger partial charge in [-0.1, -0.05) is 0 Å². The number of nitrogens with zero attached hydrogens (tertiary/aromatic N) is 2. The van der Waals surface area contributed by atoms with Crippen LogP contribution in [-0.4, -0.2) is 19.8 Å². The van der Waals surface area contributed by atoms with Crippen LogP contribution in [0.5, 0.6) is 5.88 Å². The Hall–Kier alpha value is -1.86. The van der Waals surface area contributed by atoms with Crippen molar-refractivity contribution in [2.24, 2.45) is 5.14 Å². The molecule has 0 spiro atoms. The minimum atomic E-state index is -5.04. The van der Waals surface area contributed by atoms with Crippen molar-refractivity contribution in [2.75, 3.05) is 0 Å². The average Bonchev–Trinajstić information content (AvgIpc) is 2.13. The van der Waals surface area contributed by atoms with Crippen LogP contribution in [0.25, 0.3) is 0 Å². The summed E-state index contributed by atoms with van der Waals surface area (Å²) in [4.78, 5) is 2.44. The number of rotatable bonds is 2. The van der Waals surface area contributed by atoms with Gasteiger partial charge in [-0.05, 0) is 6.07 Å². The normalized spacial score (nSPS) is 11.9. The predicted molar refractivity (Wildman–Crippen MR) is 47.0 cm³/mol. The van der Waals surface area contributed by atoms with Gasteiger partial charge in [0.05, 0.1) is 4.90 Å². The van der Waals surface area contributed by atoms with Gasteiger partial charge in [0, 0.05) is 6.07 Å². The van der Waals surface area contributed by atoms with E-state index in [-0.39, 0.29) is 0 Å². The van der Waals surface area contributed by atoms with Crippen LogP contribution >= 0.6 is 0 Å². The van der Waals surface area contributed by atoms with Gasteiger partial charge in [-0.2, -0.15) is 5.26 Å². The molecule has 0 bridgehead atoms. The summed E-state index contributed by atoms with van der Waals surface area (Å²) in [6.07, 6.45) is -5.04. The van der Waals surface area contributed by atoms with Gasteiger partial charge in [0.25, 0.3) is 0 Å². The number of pyridine rings is 1. The van der Waals surface area contributed by atoms with Gasteiger partial charge in [0.15, 0.2) is 0 Å². The van der Waals surface area contributed by atoms with Crippen LogP contribution in [0.4, 0.5) is 13.2 Å². The van der Waals surface area contributed by atoms with E-state index in [1.807, 2.05) is 0 Å². The van der Waals surface area contributed by atoms with Gasteiger partial charge in [0.1, 0.15) is 11.8 Å².